The molecule has 0 aromatic heterocycles. The molecular weight excluding hydrogens is 390 g/mol. The lowest BCUT2D eigenvalue weighted by Gasteiger charge is -2.43. The first-order chi connectivity index (χ1) is 15.1. The van der Waals surface area contributed by atoms with Gasteiger partial charge >= 0.3 is 12.1 Å². The van der Waals surface area contributed by atoms with Gasteiger partial charge in [-0.1, -0.05) is 49.4 Å². The van der Waals surface area contributed by atoms with E-state index in [4.69, 9.17) is 0 Å². The van der Waals surface area contributed by atoms with Crippen molar-refractivity contribution in [1.82, 2.24) is 9.80 Å². The van der Waals surface area contributed by atoms with Crippen molar-refractivity contribution < 1.29 is 14.7 Å². The SMILES string of the molecule is CCc1ccc(C2CC(N(C(=O)O)c3ccccc3)CN(C(=O)N3CCCC3)C2)cc1. The van der Waals surface area contributed by atoms with E-state index in [1.54, 1.807) is 0 Å². The zero-order valence-corrected chi connectivity index (χ0v) is 18.1. The molecule has 2 aromatic rings. The van der Waals surface area contributed by atoms with Gasteiger partial charge in [0.25, 0.3) is 0 Å². The van der Waals surface area contributed by atoms with Crippen LogP contribution in [0.1, 0.15) is 43.2 Å². The Hall–Kier alpha value is -3.02. The van der Waals surface area contributed by atoms with Crippen LogP contribution in [0.2, 0.25) is 0 Å². The van der Waals surface area contributed by atoms with Gasteiger partial charge in [0.2, 0.25) is 0 Å². The van der Waals surface area contributed by atoms with Gasteiger partial charge < -0.3 is 14.9 Å². The number of rotatable bonds is 4. The molecule has 2 atom stereocenters. The fraction of sp³-hybridized carbons (Fsp3) is 0.440. The lowest BCUT2D eigenvalue weighted by atomic mass is 9.87. The van der Waals surface area contributed by atoms with Crippen LogP contribution < -0.4 is 4.90 Å². The van der Waals surface area contributed by atoms with Crippen LogP contribution in [0.15, 0.2) is 54.6 Å². The van der Waals surface area contributed by atoms with Crippen molar-refractivity contribution in [3.8, 4) is 0 Å². The third-order valence-corrected chi connectivity index (χ3v) is 6.54. The Morgan fingerprint density at radius 2 is 1.65 bits per heavy atom. The molecule has 0 bridgehead atoms. The Morgan fingerprint density at radius 3 is 2.26 bits per heavy atom. The predicted molar refractivity (Wildman–Crippen MR) is 122 cm³/mol. The number of anilines is 1. The number of aryl methyl sites for hydroxylation is 1. The van der Waals surface area contributed by atoms with Gasteiger partial charge in [-0.25, -0.2) is 9.59 Å². The summed E-state index contributed by atoms with van der Waals surface area (Å²) in [6, 6.07) is 17.5. The second-order valence-corrected chi connectivity index (χ2v) is 8.55. The summed E-state index contributed by atoms with van der Waals surface area (Å²) >= 11 is 0. The number of likely N-dealkylation sites (tertiary alicyclic amines) is 2. The second-order valence-electron chi connectivity index (χ2n) is 8.55. The number of nitrogens with zero attached hydrogens (tertiary/aromatic N) is 3. The van der Waals surface area contributed by atoms with E-state index in [-0.39, 0.29) is 18.0 Å². The maximum atomic E-state index is 13.2. The van der Waals surface area contributed by atoms with Crippen molar-refractivity contribution in [3.63, 3.8) is 0 Å². The van der Waals surface area contributed by atoms with E-state index in [0.29, 0.717) is 25.2 Å². The number of carbonyl (C=O) groups is 2. The molecule has 6 nitrogen and oxygen atoms in total. The van der Waals surface area contributed by atoms with Gasteiger partial charge in [-0.2, -0.15) is 0 Å². The molecule has 2 aromatic carbocycles. The fourth-order valence-electron chi connectivity index (χ4n) is 4.86. The first kappa shape index (κ1) is 21.2. The molecule has 31 heavy (non-hydrogen) atoms. The van der Waals surface area contributed by atoms with Crippen molar-refractivity contribution in [3.05, 3.63) is 65.7 Å². The van der Waals surface area contributed by atoms with Crippen molar-refractivity contribution in [1.29, 1.82) is 0 Å². The first-order valence-corrected chi connectivity index (χ1v) is 11.3. The summed E-state index contributed by atoms with van der Waals surface area (Å²) in [5, 5.41) is 10.1. The third kappa shape index (κ3) is 4.68. The van der Waals surface area contributed by atoms with Gasteiger partial charge in [0.05, 0.1) is 6.04 Å². The Morgan fingerprint density at radius 1 is 0.968 bits per heavy atom. The summed E-state index contributed by atoms with van der Waals surface area (Å²) in [4.78, 5) is 30.7. The van der Waals surface area contributed by atoms with E-state index < -0.39 is 6.09 Å². The molecular formula is C25H31N3O3. The molecule has 4 rings (SSSR count). The number of para-hydroxylation sites is 1. The summed E-state index contributed by atoms with van der Waals surface area (Å²) < 4.78 is 0. The molecule has 0 aliphatic carbocycles. The van der Waals surface area contributed by atoms with Crippen molar-refractivity contribution in [2.75, 3.05) is 31.1 Å². The normalized spacial score (nSPS) is 21.2. The standard InChI is InChI=1S/C25H31N3O3/c1-2-19-10-12-20(13-11-19)21-16-23(28(25(30)31)22-8-4-3-5-9-22)18-27(17-21)24(29)26-14-6-7-15-26/h3-5,8-13,21,23H,2,6-7,14-18H2,1H3,(H,30,31). The van der Waals surface area contributed by atoms with Gasteiger partial charge in [0.1, 0.15) is 0 Å². The Labute approximate surface area is 184 Å². The van der Waals surface area contributed by atoms with Crippen LogP contribution in [-0.4, -0.2) is 59.3 Å². The average Bonchev–Trinajstić information content (AvgIpc) is 3.34. The van der Waals surface area contributed by atoms with Gasteiger partial charge in [-0.05, 0) is 48.9 Å². The Kier molecular flexibility index (Phi) is 6.44. The highest BCUT2D eigenvalue weighted by molar-refractivity contribution is 5.87. The maximum absolute atomic E-state index is 13.2. The highest BCUT2D eigenvalue weighted by Gasteiger charge is 2.38. The molecule has 0 spiro atoms. The zero-order valence-electron chi connectivity index (χ0n) is 18.1. The highest BCUT2D eigenvalue weighted by atomic mass is 16.4. The van der Waals surface area contributed by atoms with Gasteiger partial charge in [-0.3, -0.25) is 4.90 Å². The number of carboxylic acid groups (broad SMARTS) is 1. The maximum Gasteiger partial charge on any atom is 0.412 e. The lowest BCUT2D eigenvalue weighted by molar-refractivity contribution is 0.137. The van der Waals surface area contributed by atoms with E-state index in [9.17, 15) is 14.7 Å². The highest BCUT2D eigenvalue weighted by Crippen LogP contribution is 2.33. The molecule has 2 aliphatic rings. The quantitative estimate of drug-likeness (QED) is 0.771. The molecule has 164 valence electrons. The molecule has 2 fully saturated rings. The number of urea groups is 1. The largest absolute Gasteiger partial charge is 0.465 e. The summed E-state index contributed by atoms with van der Waals surface area (Å²) in [5.74, 6) is 0.0989. The van der Waals surface area contributed by atoms with E-state index in [1.807, 2.05) is 40.1 Å². The summed E-state index contributed by atoms with van der Waals surface area (Å²) in [6.07, 6.45) is 2.77. The van der Waals surface area contributed by atoms with E-state index >= 15 is 0 Å². The third-order valence-electron chi connectivity index (χ3n) is 6.54. The Balaban J connectivity index is 1.64. The first-order valence-electron chi connectivity index (χ1n) is 11.3. The monoisotopic (exact) mass is 421 g/mol. The fourth-order valence-corrected chi connectivity index (χ4v) is 4.86. The minimum atomic E-state index is -0.980. The van der Waals surface area contributed by atoms with Crippen LogP contribution in [0.5, 0.6) is 0 Å². The number of benzene rings is 2. The summed E-state index contributed by atoms with van der Waals surface area (Å²) in [6.45, 7) is 4.75. The van der Waals surface area contributed by atoms with Crippen LogP contribution in [0, 0.1) is 0 Å². The molecule has 0 radical (unpaired) electrons. The molecule has 3 amide bonds. The topological polar surface area (TPSA) is 64.1 Å². The minimum absolute atomic E-state index is 0.0378. The van der Waals surface area contributed by atoms with Crippen molar-refractivity contribution in [2.45, 2.75) is 44.6 Å². The molecule has 6 heteroatoms. The van der Waals surface area contributed by atoms with Crippen LogP contribution >= 0.6 is 0 Å². The van der Waals surface area contributed by atoms with Crippen molar-refractivity contribution in [2.24, 2.45) is 0 Å². The Bertz CT molecular complexity index is 894. The molecule has 2 aliphatic heterocycles. The average molecular weight is 422 g/mol. The molecule has 1 N–H and O–H groups in total. The van der Waals surface area contributed by atoms with E-state index in [1.165, 1.54) is 16.0 Å². The van der Waals surface area contributed by atoms with Crippen LogP contribution in [0.4, 0.5) is 15.3 Å². The number of amides is 3. The molecule has 2 saturated heterocycles. The smallest absolute Gasteiger partial charge is 0.412 e. The van der Waals surface area contributed by atoms with Crippen LogP contribution in [0.25, 0.3) is 0 Å². The predicted octanol–water partition coefficient (Wildman–Crippen LogP) is 4.81. The molecule has 2 unspecified atom stereocenters. The van der Waals surface area contributed by atoms with E-state index in [0.717, 1.165) is 32.4 Å². The summed E-state index contributed by atoms with van der Waals surface area (Å²) in [7, 11) is 0. The van der Waals surface area contributed by atoms with Gasteiger partial charge in [-0.15, -0.1) is 0 Å². The van der Waals surface area contributed by atoms with Gasteiger partial charge in [0.15, 0.2) is 0 Å². The number of piperidine rings is 1. The minimum Gasteiger partial charge on any atom is -0.465 e. The zero-order chi connectivity index (χ0) is 21.8. The number of hydrogen-bond acceptors (Lipinski definition) is 2. The van der Waals surface area contributed by atoms with Crippen LogP contribution in [-0.2, 0) is 6.42 Å². The summed E-state index contributed by atoms with van der Waals surface area (Å²) in [5.41, 5.74) is 3.09. The lowest BCUT2D eigenvalue weighted by Crippen LogP contribution is -2.56. The number of carbonyl (C=O) groups excluding carboxylic acids is 1. The van der Waals surface area contributed by atoms with Crippen LogP contribution in [0.3, 0.4) is 0 Å². The second kappa shape index (κ2) is 9.41. The molecule has 0 saturated carbocycles. The van der Waals surface area contributed by atoms with E-state index in [2.05, 4.69) is 31.2 Å². The van der Waals surface area contributed by atoms with Crippen molar-refractivity contribution >= 4 is 17.8 Å². The number of hydrogen-bond donors (Lipinski definition) is 1. The molecule has 2 heterocycles. The van der Waals surface area contributed by atoms with Gasteiger partial charge in [0, 0.05) is 37.8 Å².